The number of nitro benzene ring substituents is 1. The predicted octanol–water partition coefficient (Wildman–Crippen LogP) is 2.17. The molecule has 25 heavy (non-hydrogen) atoms. The number of aromatic nitrogens is 2. The van der Waals surface area contributed by atoms with Gasteiger partial charge >= 0.3 is 0 Å². The summed E-state index contributed by atoms with van der Waals surface area (Å²) in [4.78, 5) is 21.0. The van der Waals surface area contributed by atoms with E-state index in [2.05, 4.69) is 9.97 Å². The van der Waals surface area contributed by atoms with Gasteiger partial charge in [-0.1, -0.05) is 0 Å². The Labute approximate surface area is 145 Å². The average molecular weight is 362 g/mol. The van der Waals surface area contributed by atoms with Crippen molar-refractivity contribution in [3.05, 3.63) is 52.6 Å². The van der Waals surface area contributed by atoms with E-state index >= 15 is 0 Å². The van der Waals surface area contributed by atoms with Crippen molar-refractivity contribution in [2.75, 3.05) is 24.2 Å². The van der Waals surface area contributed by atoms with Gasteiger partial charge in [-0.25, -0.2) is 18.4 Å². The van der Waals surface area contributed by atoms with Crippen molar-refractivity contribution >= 4 is 21.2 Å². The summed E-state index contributed by atoms with van der Waals surface area (Å²) in [6, 6.07) is 5.94. The molecule has 1 aromatic carbocycles. The molecule has 2 heterocycles. The lowest BCUT2D eigenvalue weighted by Gasteiger charge is -2.33. The van der Waals surface area contributed by atoms with Gasteiger partial charge in [-0.15, -0.1) is 0 Å². The minimum atomic E-state index is -3.50. The minimum absolute atomic E-state index is 0.0488. The van der Waals surface area contributed by atoms with Crippen LogP contribution in [0.4, 0.5) is 11.4 Å². The molecule has 0 aliphatic carbocycles. The lowest BCUT2D eigenvalue weighted by molar-refractivity contribution is -0.384. The normalized spacial score (nSPS) is 18.1. The summed E-state index contributed by atoms with van der Waals surface area (Å²) < 4.78 is 23.4. The first-order chi connectivity index (χ1) is 11.9. The highest BCUT2D eigenvalue weighted by atomic mass is 32.2. The second-order valence-corrected chi connectivity index (χ2v) is 8.11. The molecule has 1 saturated heterocycles. The molecule has 132 valence electrons. The monoisotopic (exact) mass is 362 g/mol. The summed E-state index contributed by atoms with van der Waals surface area (Å²) in [7, 11) is -3.50. The first-order valence-corrected chi connectivity index (χ1v) is 9.75. The van der Waals surface area contributed by atoms with Gasteiger partial charge in [-0.3, -0.25) is 10.1 Å². The van der Waals surface area contributed by atoms with E-state index in [4.69, 9.17) is 0 Å². The van der Waals surface area contributed by atoms with Crippen molar-refractivity contribution in [3.63, 3.8) is 0 Å². The van der Waals surface area contributed by atoms with Crippen LogP contribution in [0.25, 0.3) is 0 Å². The van der Waals surface area contributed by atoms with Crippen LogP contribution in [0.5, 0.6) is 0 Å². The Kier molecular flexibility index (Phi) is 4.67. The van der Waals surface area contributed by atoms with Gasteiger partial charge in [0.25, 0.3) is 5.69 Å². The molecule has 1 fully saturated rings. The summed E-state index contributed by atoms with van der Waals surface area (Å²) in [5, 5.41) is 11.5. The quantitative estimate of drug-likeness (QED) is 0.606. The number of hydrogen-bond donors (Lipinski definition) is 0. The van der Waals surface area contributed by atoms with Crippen LogP contribution in [0.15, 0.2) is 41.7 Å². The van der Waals surface area contributed by atoms with Crippen molar-refractivity contribution in [1.82, 2.24) is 9.97 Å². The molecule has 2 aromatic rings. The maximum Gasteiger partial charge on any atom is 0.293 e. The van der Waals surface area contributed by atoms with Crippen LogP contribution in [-0.4, -0.2) is 42.7 Å². The second-order valence-electron chi connectivity index (χ2n) is 6.10. The first kappa shape index (κ1) is 17.3. The Hall–Kier alpha value is -2.55. The minimum Gasteiger partial charge on any atom is -0.365 e. The molecule has 0 saturated carbocycles. The van der Waals surface area contributed by atoms with Crippen molar-refractivity contribution in [2.24, 2.45) is 0 Å². The zero-order chi connectivity index (χ0) is 18.0. The van der Waals surface area contributed by atoms with Gasteiger partial charge < -0.3 is 4.90 Å². The Morgan fingerprint density at radius 1 is 1.32 bits per heavy atom. The number of hydrogen-bond acceptors (Lipinski definition) is 7. The van der Waals surface area contributed by atoms with Crippen molar-refractivity contribution < 1.29 is 13.3 Å². The van der Waals surface area contributed by atoms with E-state index < -0.39 is 14.8 Å². The fraction of sp³-hybridized carbons (Fsp3) is 0.375. The third-order valence-electron chi connectivity index (χ3n) is 4.36. The van der Waals surface area contributed by atoms with E-state index in [9.17, 15) is 18.5 Å². The molecular formula is C16H18N4O4S. The highest BCUT2D eigenvalue weighted by molar-refractivity contribution is 7.90. The molecule has 8 nitrogen and oxygen atoms in total. The third kappa shape index (κ3) is 3.76. The number of benzene rings is 1. The maximum absolute atomic E-state index is 11.7. The van der Waals surface area contributed by atoms with E-state index in [0.29, 0.717) is 18.8 Å². The van der Waals surface area contributed by atoms with Gasteiger partial charge in [0, 0.05) is 43.2 Å². The molecule has 0 amide bonds. The van der Waals surface area contributed by atoms with Gasteiger partial charge in [0.05, 0.1) is 9.82 Å². The van der Waals surface area contributed by atoms with Crippen molar-refractivity contribution in [2.45, 2.75) is 23.7 Å². The highest BCUT2D eigenvalue weighted by Gasteiger charge is 2.28. The topological polar surface area (TPSA) is 106 Å². The lowest BCUT2D eigenvalue weighted by Crippen LogP contribution is -2.35. The molecular weight excluding hydrogens is 344 g/mol. The molecule has 1 aliphatic heterocycles. The second kappa shape index (κ2) is 6.75. The van der Waals surface area contributed by atoms with Crippen LogP contribution in [0.1, 0.15) is 24.5 Å². The summed E-state index contributed by atoms with van der Waals surface area (Å²) in [6.45, 7) is 1.27. The van der Waals surface area contributed by atoms with E-state index in [1.165, 1.54) is 18.5 Å². The number of anilines is 1. The van der Waals surface area contributed by atoms with Crippen LogP contribution in [0.3, 0.4) is 0 Å². The summed E-state index contributed by atoms with van der Waals surface area (Å²) >= 11 is 0. The summed E-state index contributed by atoms with van der Waals surface area (Å²) in [5.41, 5.74) is 1.16. The molecule has 0 N–H and O–H groups in total. The number of rotatable bonds is 4. The maximum atomic E-state index is 11.7. The number of sulfone groups is 1. The molecule has 1 aliphatic rings. The SMILES string of the molecule is CS(=O)(=O)c1ccc(N2CCC[C@H](c3ccncn3)C2)c([N+](=O)[O-])c1. The van der Waals surface area contributed by atoms with Crippen LogP contribution in [0.2, 0.25) is 0 Å². The van der Waals surface area contributed by atoms with E-state index in [1.54, 1.807) is 6.20 Å². The molecule has 3 rings (SSSR count). The molecule has 1 atom stereocenters. The standard InChI is InChI=1S/C16H18N4O4S/c1-25(23,24)13-4-5-15(16(9-13)20(21)22)19-8-2-3-12(10-19)14-6-7-17-11-18-14/h4-7,9,11-12H,2-3,8,10H2,1H3/t12-/m0/s1. The number of piperidine rings is 1. The Balaban J connectivity index is 1.94. The van der Waals surface area contributed by atoms with Gasteiger partial charge in [-0.05, 0) is 31.0 Å². The Morgan fingerprint density at radius 2 is 2.12 bits per heavy atom. The smallest absolute Gasteiger partial charge is 0.293 e. The fourth-order valence-electron chi connectivity index (χ4n) is 3.13. The lowest BCUT2D eigenvalue weighted by atomic mass is 9.94. The van der Waals surface area contributed by atoms with Crippen LogP contribution >= 0.6 is 0 Å². The Bertz CT molecular complexity index is 886. The third-order valence-corrected chi connectivity index (χ3v) is 5.47. The highest BCUT2D eigenvalue weighted by Crippen LogP contribution is 2.35. The van der Waals surface area contributed by atoms with Crippen LogP contribution < -0.4 is 4.90 Å². The largest absolute Gasteiger partial charge is 0.365 e. The fourth-order valence-corrected chi connectivity index (χ4v) is 3.77. The van der Waals surface area contributed by atoms with Gasteiger partial charge in [0.2, 0.25) is 0 Å². The molecule has 0 radical (unpaired) electrons. The summed E-state index contributed by atoms with van der Waals surface area (Å²) in [5.74, 6) is 0.158. The molecule has 1 aromatic heterocycles. The van der Waals surface area contributed by atoms with Crippen LogP contribution in [-0.2, 0) is 9.84 Å². The number of nitro groups is 1. The number of nitrogens with zero attached hydrogens (tertiary/aromatic N) is 4. The average Bonchev–Trinajstić information content (AvgIpc) is 2.61. The first-order valence-electron chi connectivity index (χ1n) is 7.85. The van der Waals surface area contributed by atoms with Crippen molar-refractivity contribution in [3.8, 4) is 0 Å². The molecule has 0 bridgehead atoms. The van der Waals surface area contributed by atoms with E-state index in [-0.39, 0.29) is 16.5 Å². The van der Waals surface area contributed by atoms with Gasteiger partial charge in [-0.2, -0.15) is 0 Å². The molecule has 0 spiro atoms. The van der Waals surface area contributed by atoms with Crippen molar-refractivity contribution in [1.29, 1.82) is 0 Å². The predicted molar refractivity (Wildman–Crippen MR) is 92.4 cm³/mol. The van der Waals surface area contributed by atoms with Gasteiger partial charge in [0.1, 0.15) is 12.0 Å². The molecule has 0 unspecified atom stereocenters. The Morgan fingerprint density at radius 3 is 2.76 bits per heavy atom. The summed E-state index contributed by atoms with van der Waals surface area (Å²) in [6.07, 6.45) is 6.04. The zero-order valence-electron chi connectivity index (χ0n) is 13.7. The molecule has 9 heteroatoms. The van der Waals surface area contributed by atoms with E-state index in [0.717, 1.165) is 30.9 Å². The van der Waals surface area contributed by atoms with E-state index in [1.807, 2.05) is 11.0 Å². The zero-order valence-corrected chi connectivity index (χ0v) is 14.5. The van der Waals surface area contributed by atoms with Crippen LogP contribution in [0, 0.1) is 10.1 Å². The van der Waals surface area contributed by atoms with Gasteiger partial charge in [0.15, 0.2) is 9.84 Å².